The highest BCUT2D eigenvalue weighted by atomic mass is 79.9. The van der Waals surface area contributed by atoms with Crippen LogP contribution in [-0.2, 0) is 10.0 Å². The Balaban J connectivity index is 2.42. The first-order valence-electron chi connectivity index (χ1n) is 6.31. The fourth-order valence-electron chi connectivity index (χ4n) is 2.57. The molecule has 0 aromatic carbocycles. The molecule has 1 saturated heterocycles. The van der Waals surface area contributed by atoms with E-state index < -0.39 is 10.0 Å². The van der Waals surface area contributed by atoms with Crippen molar-refractivity contribution in [3.63, 3.8) is 0 Å². The van der Waals surface area contributed by atoms with E-state index in [0.29, 0.717) is 11.0 Å². The van der Waals surface area contributed by atoms with E-state index in [1.165, 1.54) is 6.20 Å². The van der Waals surface area contributed by atoms with Gasteiger partial charge in [-0.2, -0.15) is 4.31 Å². The van der Waals surface area contributed by atoms with Crippen LogP contribution in [0.1, 0.15) is 26.2 Å². The second-order valence-electron chi connectivity index (χ2n) is 4.84. The molecule has 1 aliphatic rings. The lowest BCUT2D eigenvalue weighted by molar-refractivity contribution is 0.196. The van der Waals surface area contributed by atoms with Gasteiger partial charge in [-0.1, -0.05) is 6.42 Å². The summed E-state index contributed by atoms with van der Waals surface area (Å²) < 4.78 is 27.7. The molecule has 2 heterocycles. The quantitative estimate of drug-likeness (QED) is 0.903. The van der Waals surface area contributed by atoms with E-state index in [0.717, 1.165) is 19.3 Å². The van der Waals surface area contributed by atoms with Gasteiger partial charge in [-0.3, -0.25) is 4.98 Å². The van der Waals surface area contributed by atoms with Gasteiger partial charge < -0.3 is 5.73 Å². The SMILES string of the molecule is CC1CCCC(CN)N1S(=O)(=O)c1cncc(Br)c1. The third kappa shape index (κ3) is 2.99. The number of halogens is 1. The Labute approximate surface area is 122 Å². The summed E-state index contributed by atoms with van der Waals surface area (Å²) in [7, 11) is -3.53. The second kappa shape index (κ2) is 5.87. The van der Waals surface area contributed by atoms with Crippen LogP contribution < -0.4 is 5.73 Å². The normalized spacial score (nSPS) is 25.4. The molecule has 7 heteroatoms. The molecule has 1 fully saturated rings. The van der Waals surface area contributed by atoms with Crippen molar-refractivity contribution >= 4 is 26.0 Å². The molecule has 2 unspecified atom stereocenters. The van der Waals surface area contributed by atoms with Gasteiger partial charge in [0.1, 0.15) is 4.90 Å². The van der Waals surface area contributed by atoms with Crippen LogP contribution in [-0.4, -0.2) is 36.3 Å². The summed E-state index contributed by atoms with van der Waals surface area (Å²) in [5, 5.41) is 0. The summed E-state index contributed by atoms with van der Waals surface area (Å²) in [5.74, 6) is 0. The second-order valence-corrected chi connectivity index (χ2v) is 7.60. The Morgan fingerprint density at radius 2 is 2.21 bits per heavy atom. The average Bonchev–Trinajstić information content (AvgIpc) is 2.38. The van der Waals surface area contributed by atoms with E-state index in [1.54, 1.807) is 16.6 Å². The standard InChI is InChI=1S/C12H18BrN3O2S/c1-9-3-2-4-11(6-14)16(9)19(17,18)12-5-10(13)7-15-8-12/h5,7-9,11H,2-4,6,14H2,1H3. The van der Waals surface area contributed by atoms with Gasteiger partial charge in [0.05, 0.1) is 0 Å². The molecule has 2 rings (SSSR count). The van der Waals surface area contributed by atoms with Gasteiger partial charge >= 0.3 is 0 Å². The molecule has 5 nitrogen and oxygen atoms in total. The number of sulfonamides is 1. The molecular formula is C12H18BrN3O2S. The fraction of sp³-hybridized carbons (Fsp3) is 0.583. The van der Waals surface area contributed by atoms with Gasteiger partial charge in [-0.25, -0.2) is 8.42 Å². The molecule has 0 saturated carbocycles. The first-order valence-corrected chi connectivity index (χ1v) is 8.54. The van der Waals surface area contributed by atoms with Crippen molar-refractivity contribution < 1.29 is 8.42 Å². The highest BCUT2D eigenvalue weighted by molar-refractivity contribution is 9.10. The van der Waals surface area contributed by atoms with E-state index in [9.17, 15) is 8.42 Å². The van der Waals surface area contributed by atoms with Crippen molar-refractivity contribution in [1.82, 2.24) is 9.29 Å². The number of nitrogens with zero attached hydrogens (tertiary/aromatic N) is 2. The van der Waals surface area contributed by atoms with E-state index in [-0.39, 0.29) is 17.0 Å². The minimum Gasteiger partial charge on any atom is -0.329 e. The Morgan fingerprint density at radius 3 is 2.84 bits per heavy atom. The fourth-order valence-corrected chi connectivity index (χ4v) is 4.97. The van der Waals surface area contributed by atoms with Crippen molar-refractivity contribution in [3.8, 4) is 0 Å². The summed E-state index contributed by atoms with van der Waals surface area (Å²) >= 11 is 3.26. The van der Waals surface area contributed by atoms with Crippen molar-refractivity contribution in [2.45, 2.75) is 43.2 Å². The van der Waals surface area contributed by atoms with Gasteiger partial charge in [-0.05, 0) is 41.8 Å². The van der Waals surface area contributed by atoms with Gasteiger partial charge in [0, 0.05) is 35.5 Å². The Bertz CT molecular complexity index is 550. The minimum absolute atomic E-state index is 0.0220. The summed E-state index contributed by atoms with van der Waals surface area (Å²) in [6.45, 7) is 2.29. The van der Waals surface area contributed by atoms with Crippen LogP contribution in [0.5, 0.6) is 0 Å². The van der Waals surface area contributed by atoms with Crippen molar-refractivity contribution in [1.29, 1.82) is 0 Å². The van der Waals surface area contributed by atoms with Gasteiger partial charge in [-0.15, -0.1) is 0 Å². The van der Waals surface area contributed by atoms with Gasteiger partial charge in [0.2, 0.25) is 10.0 Å². The summed E-state index contributed by atoms with van der Waals surface area (Å²) in [6.07, 6.45) is 5.67. The number of hydrogen-bond acceptors (Lipinski definition) is 4. The predicted molar refractivity (Wildman–Crippen MR) is 77.1 cm³/mol. The zero-order chi connectivity index (χ0) is 14.0. The molecule has 0 bridgehead atoms. The third-order valence-electron chi connectivity index (χ3n) is 3.48. The molecule has 0 spiro atoms. The number of hydrogen-bond donors (Lipinski definition) is 1. The minimum atomic E-state index is -3.53. The molecule has 1 aromatic heterocycles. The number of piperidine rings is 1. The Hall–Kier alpha value is -0.500. The zero-order valence-corrected chi connectivity index (χ0v) is 13.2. The van der Waals surface area contributed by atoms with Crippen molar-refractivity contribution in [3.05, 3.63) is 22.9 Å². The largest absolute Gasteiger partial charge is 0.329 e. The predicted octanol–water partition coefficient (Wildman–Crippen LogP) is 1.73. The van der Waals surface area contributed by atoms with E-state index >= 15 is 0 Å². The molecule has 1 aromatic rings. The monoisotopic (exact) mass is 347 g/mol. The Kier molecular flexibility index (Phi) is 4.60. The maximum Gasteiger partial charge on any atom is 0.245 e. The van der Waals surface area contributed by atoms with Crippen LogP contribution in [0.15, 0.2) is 27.8 Å². The summed E-state index contributed by atoms with van der Waals surface area (Å²) in [5.41, 5.74) is 5.73. The molecule has 0 amide bonds. The topological polar surface area (TPSA) is 76.3 Å². The van der Waals surface area contributed by atoms with E-state index in [4.69, 9.17) is 5.73 Å². The molecule has 0 aliphatic carbocycles. The number of rotatable bonds is 3. The van der Waals surface area contributed by atoms with Crippen LogP contribution in [0.2, 0.25) is 0 Å². The molecule has 106 valence electrons. The zero-order valence-electron chi connectivity index (χ0n) is 10.8. The smallest absolute Gasteiger partial charge is 0.245 e. The molecule has 19 heavy (non-hydrogen) atoms. The van der Waals surface area contributed by atoms with Gasteiger partial charge in [0.25, 0.3) is 0 Å². The molecule has 2 atom stereocenters. The lowest BCUT2D eigenvalue weighted by atomic mass is 10.00. The van der Waals surface area contributed by atoms with Crippen LogP contribution in [0.4, 0.5) is 0 Å². The first-order chi connectivity index (χ1) is 8.96. The number of nitrogens with two attached hydrogens (primary N) is 1. The highest BCUT2D eigenvalue weighted by Crippen LogP contribution is 2.29. The van der Waals surface area contributed by atoms with Crippen LogP contribution in [0.25, 0.3) is 0 Å². The number of aromatic nitrogens is 1. The molecule has 2 N–H and O–H groups in total. The van der Waals surface area contributed by atoms with Crippen LogP contribution >= 0.6 is 15.9 Å². The van der Waals surface area contributed by atoms with Crippen LogP contribution in [0.3, 0.4) is 0 Å². The highest BCUT2D eigenvalue weighted by Gasteiger charge is 2.37. The van der Waals surface area contributed by atoms with E-state index in [2.05, 4.69) is 20.9 Å². The van der Waals surface area contributed by atoms with E-state index in [1.807, 2.05) is 6.92 Å². The summed E-state index contributed by atoms with van der Waals surface area (Å²) in [6, 6.07) is 1.44. The maximum atomic E-state index is 12.7. The number of pyridine rings is 1. The Morgan fingerprint density at radius 1 is 1.47 bits per heavy atom. The molecule has 1 aliphatic heterocycles. The maximum absolute atomic E-state index is 12.7. The summed E-state index contributed by atoms with van der Waals surface area (Å²) in [4.78, 5) is 4.15. The van der Waals surface area contributed by atoms with Crippen molar-refractivity contribution in [2.75, 3.05) is 6.54 Å². The first kappa shape index (κ1) is 14.9. The van der Waals surface area contributed by atoms with Gasteiger partial charge in [0.15, 0.2) is 0 Å². The third-order valence-corrected chi connectivity index (χ3v) is 5.95. The lowest BCUT2D eigenvalue weighted by Crippen LogP contribution is -2.51. The lowest BCUT2D eigenvalue weighted by Gasteiger charge is -2.38. The molecule has 0 radical (unpaired) electrons. The average molecular weight is 348 g/mol. The van der Waals surface area contributed by atoms with Crippen molar-refractivity contribution in [2.24, 2.45) is 5.73 Å². The van der Waals surface area contributed by atoms with Crippen LogP contribution in [0, 0.1) is 0 Å². The molecular weight excluding hydrogens is 330 g/mol.